The summed E-state index contributed by atoms with van der Waals surface area (Å²) in [5.74, 6) is 0.938. The zero-order valence-corrected chi connectivity index (χ0v) is 10.2. The topological polar surface area (TPSA) is 37.3 Å². The first-order chi connectivity index (χ1) is 6.83. The van der Waals surface area contributed by atoms with E-state index in [1.165, 1.54) is 0 Å². The first-order valence-corrected chi connectivity index (χ1v) is 5.70. The first kappa shape index (κ1) is 12.4. The van der Waals surface area contributed by atoms with E-state index in [4.69, 9.17) is 0 Å². The summed E-state index contributed by atoms with van der Waals surface area (Å²) in [6.45, 7) is 8.06. The number of hydrogen-bond donors (Lipinski definition) is 1. The van der Waals surface area contributed by atoms with E-state index in [0.717, 1.165) is 12.8 Å². The van der Waals surface area contributed by atoms with Crippen LogP contribution in [0.3, 0.4) is 0 Å². The summed E-state index contributed by atoms with van der Waals surface area (Å²) in [5, 5.41) is 9.72. The van der Waals surface area contributed by atoms with Gasteiger partial charge >= 0.3 is 0 Å². The third-order valence-corrected chi connectivity index (χ3v) is 3.46. The highest BCUT2D eigenvalue weighted by Gasteiger charge is 2.38. The lowest BCUT2D eigenvalue weighted by atomic mass is 9.63. The Labute approximate surface area is 92.4 Å². The van der Waals surface area contributed by atoms with E-state index in [-0.39, 0.29) is 17.3 Å². The van der Waals surface area contributed by atoms with Crippen LogP contribution >= 0.6 is 0 Å². The van der Waals surface area contributed by atoms with Gasteiger partial charge < -0.3 is 5.11 Å². The minimum Gasteiger partial charge on any atom is -0.393 e. The van der Waals surface area contributed by atoms with Gasteiger partial charge in [0.05, 0.1) is 6.10 Å². The molecule has 0 heterocycles. The number of rotatable bonds is 2. The minimum atomic E-state index is -0.183. The van der Waals surface area contributed by atoms with Crippen molar-refractivity contribution in [1.82, 2.24) is 0 Å². The Bertz CT molecular complexity index is 266. The average Bonchev–Trinajstić information content (AvgIpc) is 1.98. The lowest BCUT2D eigenvalue weighted by Crippen LogP contribution is -2.38. The Morgan fingerprint density at radius 1 is 1.47 bits per heavy atom. The standard InChI is InChI=1S/C13H22O2/c1-9-7-11(15)8-13(3,4)12(9)6-5-10(2)14/h5-6,9,11-12,15H,7-8H2,1-4H3/b6-5+/t9-,11+,12-/m1/s1. The van der Waals surface area contributed by atoms with Crippen LogP contribution in [-0.2, 0) is 4.79 Å². The fraction of sp³-hybridized carbons (Fsp3) is 0.769. The molecule has 0 amide bonds. The van der Waals surface area contributed by atoms with E-state index in [1.807, 2.05) is 6.08 Å². The molecule has 0 aromatic carbocycles. The van der Waals surface area contributed by atoms with E-state index in [2.05, 4.69) is 20.8 Å². The number of ketones is 1. The number of allylic oxidation sites excluding steroid dienone is 2. The number of carbonyl (C=O) groups excluding carboxylic acids is 1. The molecule has 0 saturated heterocycles. The Balaban J connectivity index is 2.80. The number of aliphatic hydroxyl groups excluding tert-OH is 1. The van der Waals surface area contributed by atoms with Gasteiger partial charge in [0.25, 0.3) is 0 Å². The number of aliphatic hydroxyl groups is 1. The predicted molar refractivity (Wildman–Crippen MR) is 61.5 cm³/mol. The summed E-state index contributed by atoms with van der Waals surface area (Å²) >= 11 is 0. The molecule has 0 bridgehead atoms. The zero-order chi connectivity index (χ0) is 11.6. The molecule has 1 N–H and O–H groups in total. The molecule has 3 atom stereocenters. The van der Waals surface area contributed by atoms with Gasteiger partial charge in [-0.05, 0) is 43.1 Å². The molecule has 0 radical (unpaired) electrons. The van der Waals surface area contributed by atoms with Crippen molar-refractivity contribution in [3.63, 3.8) is 0 Å². The van der Waals surface area contributed by atoms with Crippen LogP contribution < -0.4 is 0 Å². The molecule has 1 saturated carbocycles. The maximum absolute atomic E-state index is 10.9. The molecule has 2 nitrogen and oxygen atoms in total. The lowest BCUT2D eigenvalue weighted by molar-refractivity contribution is -0.112. The van der Waals surface area contributed by atoms with Gasteiger partial charge in [-0.1, -0.05) is 26.8 Å². The van der Waals surface area contributed by atoms with Crippen LogP contribution in [0, 0.1) is 17.3 Å². The molecule has 0 spiro atoms. The lowest BCUT2D eigenvalue weighted by Gasteiger charge is -2.43. The highest BCUT2D eigenvalue weighted by atomic mass is 16.3. The minimum absolute atomic E-state index is 0.0863. The van der Waals surface area contributed by atoms with Gasteiger partial charge in [-0.15, -0.1) is 0 Å². The third-order valence-electron chi connectivity index (χ3n) is 3.46. The van der Waals surface area contributed by atoms with Crippen molar-refractivity contribution in [3.8, 4) is 0 Å². The molecule has 0 aromatic rings. The summed E-state index contributed by atoms with van der Waals surface area (Å²) in [4.78, 5) is 10.9. The first-order valence-electron chi connectivity index (χ1n) is 5.70. The highest BCUT2D eigenvalue weighted by molar-refractivity contribution is 5.87. The average molecular weight is 210 g/mol. The second-order valence-corrected chi connectivity index (χ2v) is 5.56. The monoisotopic (exact) mass is 210 g/mol. The summed E-state index contributed by atoms with van der Waals surface area (Å²) < 4.78 is 0. The number of hydrogen-bond acceptors (Lipinski definition) is 2. The van der Waals surface area contributed by atoms with E-state index < -0.39 is 0 Å². The van der Waals surface area contributed by atoms with E-state index in [9.17, 15) is 9.90 Å². The Morgan fingerprint density at radius 2 is 2.07 bits per heavy atom. The maximum atomic E-state index is 10.9. The van der Waals surface area contributed by atoms with Gasteiger partial charge in [0.15, 0.2) is 5.78 Å². The summed E-state index contributed by atoms with van der Waals surface area (Å²) in [7, 11) is 0. The van der Waals surface area contributed by atoms with E-state index in [0.29, 0.717) is 11.8 Å². The van der Waals surface area contributed by atoms with Crippen LogP contribution in [0.2, 0.25) is 0 Å². The van der Waals surface area contributed by atoms with Crippen molar-refractivity contribution in [3.05, 3.63) is 12.2 Å². The molecule has 15 heavy (non-hydrogen) atoms. The van der Waals surface area contributed by atoms with Crippen molar-refractivity contribution in [1.29, 1.82) is 0 Å². The Kier molecular flexibility index (Phi) is 3.72. The van der Waals surface area contributed by atoms with Gasteiger partial charge in [0.2, 0.25) is 0 Å². The summed E-state index contributed by atoms with van der Waals surface area (Å²) in [5.41, 5.74) is 0.0863. The Hall–Kier alpha value is -0.630. The maximum Gasteiger partial charge on any atom is 0.152 e. The zero-order valence-electron chi connectivity index (χ0n) is 10.2. The van der Waals surface area contributed by atoms with Crippen LogP contribution in [0.4, 0.5) is 0 Å². The van der Waals surface area contributed by atoms with Gasteiger partial charge in [-0.25, -0.2) is 0 Å². The van der Waals surface area contributed by atoms with Crippen molar-refractivity contribution >= 4 is 5.78 Å². The molecular formula is C13H22O2. The van der Waals surface area contributed by atoms with Gasteiger partial charge in [-0.3, -0.25) is 4.79 Å². The van der Waals surface area contributed by atoms with Crippen molar-refractivity contribution < 1.29 is 9.90 Å². The molecule has 86 valence electrons. The molecule has 2 heteroatoms. The molecule has 1 aliphatic carbocycles. The Morgan fingerprint density at radius 3 is 2.53 bits per heavy atom. The van der Waals surface area contributed by atoms with Crippen LogP contribution in [0.5, 0.6) is 0 Å². The smallest absolute Gasteiger partial charge is 0.152 e. The molecule has 0 aliphatic heterocycles. The second-order valence-electron chi connectivity index (χ2n) is 5.56. The van der Waals surface area contributed by atoms with Crippen LogP contribution in [0.15, 0.2) is 12.2 Å². The molecule has 1 fully saturated rings. The summed E-state index contributed by atoms with van der Waals surface area (Å²) in [6.07, 6.45) is 5.18. The quantitative estimate of drug-likeness (QED) is 0.711. The fourth-order valence-electron chi connectivity index (χ4n) is 2.86. The van der Waals surface area contributed by atoms with Crippen LogP contribution in [0.1, 0.15) is 40.5 Å². The van der Waals surface area contributed by atoms with Gasteiger partial charge in [0.1, 0.15) is 0 Å². The van der Waals surface area contributed by atoms with Crippen molar-refractivity contribution in [2.45, 2.75) is 46.6 Å². The predicted octanol–water partition coefficient (Wildman–Crippen LogP) is 2.56. The molecule has 1 rings (SSSR count). The fourth-order valence-corrected chi connectivity index (χ4v) is 2.86. The highest BCUT2D eigenvalue weighted by Crippen LogP contribution is 2.44. The van der Waals surface area contributed by atoms with Crippen molar-refractivity contribution in [2.24, 2.45) is 17.3 Å². The largest absolute Gasteiger partial charge is 0.393 e. The number of carbonyl (C=O) groups is 1. The molecular weight excluding hydrogens is 188 g/mol. The van der Waals surface area contributed by atoms with Gasteiger partial charge in [-0.2, -0.15) is 0 Å². The van der Waals surface area contributed by atoms with Crippen LogP contribution in [-0.4, -0.2) is 17.0 Å². The molecule has 0 aromatic heterocycles. The third kappa shape index (κ3) is 3.16. The van der Waals surface area contributed by atoms with Gasteiger partial charge in [0, 0.05) is 0 Å². The SMILES string of the molecule is CC(=O)/C=C/[C@@H]1[C@H](C)C[C@H](O)CC1(C)C. The molecule has 1 aliphatic rings. The summed E-state index contributed by atoms with van der Waals surface area (Å²) in [6, 6.07) is 0. The normalized spacial score (nSPS) is 35.7. The molecule has 0 unspecified atom stereocenters. The van der Waals surface area contributed by atoms with E-state index in [1.54, 1.807) is 13.0 Å². The van der Waals surface area contributed by atoms with E-state index >= 15 is 0 Å². The second kappa shape index (κ2) is 4.48. The van der Waals surface area contributed by atoms with Crippen LogP contribution in [0.25, 0.3) is 0 Å². The van der Waals surface area contributed by atoms with Crippen molar-refractivity contribution in [2.75, 3.05) is 0 Å².